The van der Waals surface area contributed by atoms with Gasteiger partial charge in [-0.3, -0.25) is 0 Å². The van der Waals surface area contributed by atoms with Crippen molar-refractivity contribution in [3.63, 3.8) is 0 Å². The van der Waals surface area contributed by atoms with Crippen LogP contribution in [0.15, 0.2) is 24.9 Å². The predicted molar refractivity (Wildman–Crippen MR) is 84.5 cm³/mol. The zero-order valence-corrected chi connectivity index (χ0v) is 13.0. The summed E-state index contributed by atoms with van der Waals surface area (Å²) >= 11 is 0. The molecule has 1 aliphatic rings. The number of hydrogen-bond donors (Lipinski definition) is 1. The summed E-state index contributed by atoms with van der Waals surface area (Å²) in [5, 5.41) is 3.07. The lowest BCUT2D eigenvalue weighted by atomic mass is 9.88. The van der Waals surface area contributed by atoms with Crippen LogP contribution in [-0.4, -0.2) is 33.0 Å². The van der Waals surface area contributed by atoms with Crippen LogP contribution in [0.1, 0.15) is 54.3 Å². The molecule has 2 aromatic rings. The summed E-state index contributed by atoms with van der Waals surface area (Å²) in [6, 6.07) is 0. The van der Waals surface area contributed by atoms with Crippen LogP contribution in [-0.2, 0) is 4.74 Å². The second kappa shape index (κ2) is 7.13. The summed E-state index contributed by atoms with van der Waals surface area (Å²) in [6.07, 6.45) is 12.1. The van der Waals surface area contributed by atoms with Crippen molar-refractivity contribution in [3.8, 4) is 0 Å². The fraction of sp³-hybridized carbons (Fsp3) is 0.438. The second-order valence-electron chi connectivity index (χ2n) is 5.57. The minimum atomic E-state index is -0.483. The first kappa shape index (κ1) is 15.3. The second-order valence-corrected chi connectivity index (χ2v) is 5.57. The Bertz CT molecular complexity index is 671. The summed E-state index contributed by atoms with van der Waals surface area (Å²) in [7, 11) is 1.35. The van der Waals surface area contributed by atoms with Gasteiger partial charge in [-0.2, -0.15) is 0 Å². The van der Waals surface area contributed by atoms with Crippen LogP contribution in [0, 0.1) is 0 Å². The zero-order chi connectivity index (χ0) is 16.1. The Morgan fingerprint density at radius 1 is 1.17 bits per heavy atom. The molecule has 7 nitrogen and oxygen atoms in total. The molecule has 0 radical (unpaired) electrons. The van der Waals surface area contributed by atoms with Crippen molar-refractivity contribution in [3.05, 3.63) is 36.4 Å². The molecule has 2 aromatic heterocycles. The van der Waals surface area contributed by atoms with Gasteiger partial charge in [-0.15, -0.1) is 0 Å². The van der Waals surface area contributed by atoms with Gasteiger partial charge < -0.3 is 10.1 Å². The lowest BCUT2D eigenvalue weighted by molar-refractivity contribution is 0.0594. The van der Waals surface area contributed by atoms with Gasteiger partial charge in [-0.05, 0) is 12.8 Å². The number of ether oxygens (including phenoxy) is 1. The SMILES string of the molecule is COC(=O)c1nc(C2CCCCC2)ncc1Nc1cncnc1. The largest absolute Gasteiger partial charge is 0.464 e. The normalized spacial score (nSPS) is 15.2. The van der Waals surface area contributed by atoms with Gasteiger partial charge in [0.1, 0.15) is 12.2 Å². The Hall–Kier alpha value is -2.57. The third-order valence-corrected chi connectivity index (χ3v) is 4.00. The van der Waals surface area contributed by atoms with Crippen molar-refractivity contribution in [2.45, 2.75) is 38.0 Å². The first-order chi connectivity index (χ1) is 11.3. The summed E-state index contributed by atoms with van der Waals surface area (Å²) in [4.78, 5) is 28.9. The van der Waals surface area contributed by atoms with E-state index in [1.165, 1.54) is 32.7 Å². The highest BCUT2D eigenvalue weighted by Crippen LogP contribution is 2.31. The van der Waals surface area contributed by atoms with Gasteiger partial charge in [0.05, 0.1) is 37.1 Å². The molecule has 2 heterocycles. The fourth-order valence-electron chi connectivity index (χ4n) is 2.82. The molecule has 0 spiro atoms. The van der Waals surface area contributed by atoms with Crippen molar-refractivity contribution in [2.75, 3.05) is 12.4 Å². The van der Waals surface area contributed by atoms with Crippen molar-refractivity contribution < 1.29 is 9.53 Å². The minimum absolute atomic E-state index is 0.243. The first-order valence-corrected chi connectivity index (χ1v) is 7.75. The number of rotatable bonds is 4. The van der Waals surface area contributed by atoms with E-state index in [9.17, 15) is 4.79 Å². The third-order valence-electron chi connectivity index (χ3n) is 4.00. The quantitative estimate of drug-likeness (QED) is 0.868. The van der Waals surface area contributed by atoms with E-state index in [0.29, 0.717) is 17.3 Å². The molecule has 1 fully saturated rings. The number of anilines is 2. The molecule has 3 rings (SSSR count). The van der Waals surface area contributed by atoms with Gasteiger partial charge >= 0.3 is 5.97 Å². The maximum absolute atomic E-state index is 12.1. The Balaban J connectivity index is 1.90. The minimum Gasteiger partial charge on any atom is -0.464 e. The lowest BCUT2D eigenvalue weighted by Gasteiger charge is -2.21. The Morgan fingerprint density at radius 2 is 1.91 bits per heavy atom. The molecule has 120 valence electrons. The highest BCUT2D eigenvalue weighted by molar-refractivity contribution is 5.94. The van der Waals surface area contributed by atoms with Crippen LogP contribution in [0.3, 0.4) is 0 Å². The maximum Gasteiger partial charge on any atom is 0.358 e. The molecule has 0 aromatic carbocycles. The van der Waals surface area contributed by atoms with Gasteiger partial charge in [-0.1, -0.05) is 19.3 Å². The molecular formula is C16H19N5O2. The van der Waals surface area contributed by atoms with Crippen LogP contribution in [0.2, 0.25) is 0 Å². The van der Waals surface area contributed by atoms with E-state index in [0.717, 1.165) is 18.7 Å². The number of hydrogen-bond acceptors (Lipinski definition) is 7. The molecular weight excluding hydrogens is 294 g/mol. The molecule has 0 amide bonds. The van der Waals surface area contributed by atoms with Crippen LogP contribution >= 0.6 is 0 Å². The molecule has 1 saturated carbocycles. The highest BCUT2D eigenvalue weighted by atomic mass is 16.5. The smallest absolute Gasteiger partial charge is 0.358 e. The monoisotopic (exact) mass is 313 g/mol. The Labute approximate surface area is 134 Å². The third kappa shape index (κ3) is 3.61. The fourth-order valence-corrected chi connectivity index (χ4v) is 2.82. The number of nitrogens with zero attached hydrogens (tertiary/aromatic N) is 4. The van der Waals surface area contributed by atoms with Crippen LogP contribution in [0.5, 0.6) is 0 Å². The molecule has 0 saturated heterocycles. The van der Waals surface area contributed by atoms with Crippen molar-refractivity contribution >= 4 is 17.3 Å². The summed E-state index contributed by atoms with van der Waals surface area (Å²) in [5.74, 6) is 0.560. The van der Waals surface area contributed by atoms with Gasteiger partial charge in [-0.25, -0.2) is 24.7 Å². The summed E-state index contributed by atoms with van der Waals surface area (Å²) in [5.41, 5.74) is 1.39. The standard InChI is InChI=1S/C16H19N5O2/c1-23-16(22)14-13(20-12-7-17-10-18-8-12)9-19-15(21-14)11-5-3-2-4-6-11/h7-11,20H,2-6H2,1H3. The van der Waals surface area contributed by atoms with Gasteiger partial charge in [0.15, 0.2) is 5.69 Å². The molecule has 0 unspecified atom stereocenters. The highest BCUT2D eigenvalue weighted by Gasteiger charge is 2.22. The Morgan fingerprint density at radius 3 is 2.61 bits per heavy atom. The lowest BCUT2D eigenvalue weighted by Crippen LogP contribution is -2.15. The Kier molecular flexibility index (Phi) is 4.75. The van der Waals surface area contributed by atoms with Crippen molar-refractivity contribution in [1.82, 2.24) is 19.9 Å². The molecule has 1 aliphatic carbocycles. The van der Waals surface area contributed by atoms with E-state index in [1.54, 1.807) is 18.6 Å². The number of carbonyl (C=O) groups is 1. The van der Waals surface area contributed by atoms with Crippen LogP contribution in [0.25, 0.3) is 0 Å². The van der Waals surface area contributed by atoms with E-state index >= 15 is 0 Å². The molecule has 0 aliphatic heterocycles. The molecule has 0 atom stereocenters. The number of aromatic nitrogens is 4. The van der Waals surface area contributed by atoms with Gasteiger partial charge in [0.25, 0.3) is 0 Å². The zero-order valence-electron chi connectivity index (χ0n) is 13.0. The number of nitrogens with one attached hydrogen (secondary N) is 1. The molecule has 0 bridgehead atoms. The van der Waals surface area contributed by atoms with E-state index in [1.807, 2.05) is 0 Å². The molecule has 7 heteroatoms. The van der Waals surface area contributed by atoms with E-state index in [-0.39, 0.29) is 5.69 Å². The van der Waals surface area contributed by atoms with Crippen molar-refractivity contribution in [1.29, 1.82) is 0 Å². The van der Waals surface area contributed by atoms with E-state index < -0.39 is 5.97 Å². The molecule has 23 heavy (non-hydrogen) atoms. The van der Waals surface area contributed by atoms with Crippen molar-refractivity contribution in [2.24, 2.45) is 0 Å². The summed E-state index contributed by atoms with van der Waals surface area (Å²) < 4.78 is 4.86. The maximum atomic E-state index is 12.1. The average molecular weight is 313 g/mol. The van der Waals surface area contributed by atoms with Gasteiger partial charge in [0.2, 0.25) is 0 Å². The number of carbonyl (C=O) groups excluding carboxylic acids is 1. The van der Waals surface area contributed by atoms with Crippen LogP contribution < -0.4 is 5.32 Å². The topological polar surface area (TPSA) is 89.9 Å². The average Bonchev–Trinajstić information content (AvgIpc) is 2.63. The summed E-state index contributed by atoms with van der Waals surface area (Å²) in [6.45, 7) is 0. The van der Waals surface area contributed by atoms with E-state index in [4.69, 9.17) is 4.74 Å². The first-order valence-electron chi connectivity index (χ1n) is 7.75. The van der Waals surface area contributed by atoms with Crippen LogP contribution in [0.4, 0.5) is 11.4 Å². The number of methoxy groups -OCH3 is 1. The van der Waals surface area contributed by atoms with E-state index in [2.05, 4.69) is 25.3 Å². The number of esters is 1. The van der Waals surface area contributed by atoms with Gasteiger partial charge in [0, 0.05) is 5.92 Å². The predicted octanol–water partition coefficient (Wildman–Crippen LogP) is 2.84. The molecule has 1 N–H and O–H groups in total.